The van der Waals surface area contributed by atoms with Crippen molar-refractivity contribution in [3.63, 3.8) is 0 Å². The molecule has 2 nitrogen and oxygen atoms in total. The maximum absolute atomic E-state index is 6.37. The van der Waals surface area contributed by atoms with E-state index in [0.717, 1.165) is 5.56 Å². The maximum Gasteiger partial charge on any atom is 0.101 e. The molecule has 2 N–H and O–H groups in total. The van der Waals surface area contributed by atoms with Crippen LogP contribution in [-0.4, -0.2) is 13.2 Å². The van der Waals surface area contributed by atoms with E-state index in [1.165, 1.54) is 0 Å². The monoisotopic (exact) mass is 201 g/mol. The van der Waals surface area contributed by atoms with Crippen LogP contribution in [0.3, 0.4) is 0 Å². The van der Waals surface area contributed by atoms with Gasteiger partial charge in [0.15, 0.2) is 0 Å². The Kier molecular flexibility index (Phi) is 2.71. The highest BCUT2D eigenvalue weighted by molar-refractivity contribution is 5.37. The van der Waals surface area contributed by atoms with E-state index in [9.17, 15) is 0 Å². The smallest absolute Gasteiger partial charge is 0.101 e. The van der Waals surface area contributed by atoms with Crippen molar-refractivity contribution in [2.45, 2.75) is 11.6 Å². The van der Waals surface area contributed by atoms with Crippen LogP contribution in [0.15, 0.2) is 54.6 Å². The average molecular weight is 201 g/mol. The molecule has 1 aromatic rings. The Balaban J connectivity index is 2.41. The Hall–Kier alpha value is -1.38. The van der Waals surface area contributed by atoms with Crippen LogP contribution in [0.1, 0.15) is 5.56 Å². The number of methoxy groups -OCH3 is 1. The van der Waals surface area contributed by atoms with Gasteiger partial charge in [0, 0.05) is 7.11 Å². The lowest BCUT2D eigenvalue weighted by Crippen LogP contribution is -2.47. The highest BCUT2D eigenvalue weighted by Gasteiger charge is 2.33. The zero-order valence-corrected chi connectivity index (χ0v) is 8.76. The number of benzene rings is 1. The summed E-state index contributed by atoms with van der Waals surface area (Å²) in [6.07, 6.45) is 7.78. The van der Waals surface area contributed by atoms with Crippen LogP contribution >= 0.6 is 0 Å². The summed E-state index contributed by atoms with van der Waals surface area (Å²) in [6, 6.07) is 10.0. The molecule has 0 saturated carbocycles. The lowest BCUT2D eigenvalue weighted by molar-refractivity contribution is 0.0889. The molecule has 0 spiro atoms. The minimum atomic E-state index is -0.551. The summed E-state index contributed by atoms with van der Waals surface area (Å²) < 4.78 is 5.40. The molecule has 78 valence electrons. The van der Waals surface area contributed by atoms with Gasteiger partial charge in [-0.3, -0.25) is 0 Å². The van der Waals surface area contributed by atoms with E-state index in [1.54, 1.807) is 7.11 Å². The molecule has 1 aromatic carbocycles. The van der Waals surface area contributed by atoms with Crippen molar-refractivity contribution in [2.75, 3.05) is 7.11 Å². The van der Waals surface area contributed by atoms with Crippen molar-refractivity contribution in [2.24, 2.45) is 5.73 Å². The van der Waals surface area contributed by atoms with E-state index < -0.39 is 5.54 Å². The van der Waals surface area contributed by atoms with Gasteiger partial charge >= 0.3 is 0 Å². The van der Waals surface area contributed by atoms with Crippen molar-refractivity contribution in [3.05, 3.63) is 60.2 Å². The van der Waals surface area contributed by atoms with Crippen LogP contribution in [0.4, 0.5) is 0 Å². The summed E-state index contributed by atoms with van der Waals surface area (Å²) >= 11 is 0. The van der Waals surface area contributed by atoms with E-state index in [4.69, 9.17) is 10.5 Å². The van der Waals surface area contributed by atoms with Crippen molar-refractivity contribution >= 4 is 0 Å². The van der Waals surface area contributed by atoms with Crippen LogP contribution in [0.5, 0.6) is 0 Å². The molecule has 1 aliphatic carbocycles. The summed E-state index contributed by atoms with van der Waals surface area (Å²) in [5, 5.41) is 0. The zero-order valence-electron chi connectivity index (χ0n) is 8.76. The summed E-state index contributed by atoms with van der Waals surface area (Å²) in [5.74, 6) is 0. The van der Waals surface area contributed by atoms with Crippen molar-refractivity contribution in [3.8, 4) is 0 Å². The number of ether oxygens (including phenoxy) is 1. The normalized spacial score (nSPS) is 29.3. The molecular formula is C13H15NO. The van der Waals surface area contributed by atoms with Gasteiger partial charge in [-0.25, -0.2) is 0 Å². The third-order valence-corrected chi connectivity index (χ3v) is 2.77. The SMILES string of the molecule is CO[C@@H]1C=CC=C[C@@]1(N)c1ccccc1. The second kappa shape index (κ2) is 4.01. The Morgan fingerprint density at radius 1 is 1.20 bits per heavy atom. The molecule has 0 aliphatic heterocycles. The molecule has 0 aromatic heterocycles. The fourth-order valence-electron chi connectivity index (χ4n) is 1.89. The minimum Gasteiger partial charge on any atom is -0.375 e. The van der Waals surface area contributed by atoms with Crippen molar-refractivity contribution in [1.82, 2.24) is 0 Å². The maximum atomic E-state index is 6.37. The van der Waals surface area contributed by atoms with Crippen LogP contribution < -0.4 is 5.73 Å². The molecule has 0 radical (unpaired) electrons. The Bertz CT molecular complexity index is 383. The fourth-order valence-corrected chi connectivity index (χ4v) is 1.89. The highest BCUT2D eigenvalue weighted by atomic mass is 16.5. The number of nitrogens with two attached hydrogens (primary N) is 1. The molecule has 0 fully saturated rings. The van der Waals surface area contributed by atoms with Gasteiger partial charge in [0.2, 0.25) is 0 Å². The predicted molar refractivity (Wildman–Crippen MR) is 61.4 cm³/mol. The van der Waals surface area contributed by atoms with Crippen LogP contribution in [0.2, 0.25) is 0 Å². The first-order valence-corrected chi connectivity index (χ1v) is 5.00. The predicted octanol–water partition coefficient (Wildman–Crippen LogP) is 1.98. The van der Waals surface area contributed by atoms with E-state index >= 15 is 0 Å². The summed E-state index contributed by atoms with van der Waals surface area (Å²) in [7, 11) is 1.68. The Morgan fingerprint density at radius 3 is 2.60 bits per heavy atom. The third-order valence-electron chi connectivity index (χ3n) is 2.77. The van der Waals surface area contributed by atoms with Gasteiger partial charge in [-0.05, 0) is 5.56 Å². The molecule has 0 bridgehead atoms. The molecule has 15 heavy (non-hydrogen) atoms. The van der Waals surface area contributed by atoms with Crippen LogP contribution in [0.25, 0.3) is 0 Å². The number of rotatable bonds is 2. The average Bonchev–Trinajstić information content (AvgIpc) is 2.31. The van der Waals surface area contributed by atoms with Crippen LogP contribution in [0, 0.1) is 0 Å². The number of hydrogen-bond donors (Lipinski definition) is 1. The van der Waals surface area contributed by atoms with Gasteiger partial charge < -0.3 is 10.5 Å². The second-order valence-corrected chi connectivity index (χ2v) is 3.70. The molecule has 0 heterocycles. The molecule has 2 heteroatoms. The van der Waals surface area contributed by atoms with Crippen molar-refractivity contribution in [1.29, 1.82) is 0 Å². The topological polar surface area (TPSA) is 35.2 Å². The quantitative estimate of drug-likeness (QED) is 0.794. The van der Waals surface area contributed by atoms with Gasteiger partial charge in [0.1, 0.15) is 6.10 Å². The molecule has 1 aliphatic rings. The summed E-state index contributed by atoms with van der Waals surface area (Å²) in [6.45, 7) is 0. The van der Waals surface area contributed by atoms with Gasteiger partial charge in [-0.1, -0.05) is 54.6 Å². The van der Waals surface area contributed by atoms with E-state index in [1.807, 2.05) is 54.6 Å². The van der Waals surface area contributed by atoms with Crippen molar-refractivity contribution < 1.29 is 4.74 Å². The minimum absolute atomic E-state index is 0.107. The molecular weight excluding hydrogens is 186 g/mol. The van der Waals surface area contributed by atoms with E-state index in [0.29, 0.717) is 0 Å². The fraction of sp³-hybridized carbons (Fsp3) is 0.231. The number of allylic oxidation sites excluding steroid dienone is 2. The van der Waals surface area contributed by atoms with Gasteiger partial charge in [-0.2, -0.15) is 0 Å². The lowest BCUT2D eigenvalue weighted by Gasteiger charge is -2.34. The zero-order chi connectivity index (χ0) is 10.7. The van der Waals surface area contributed by atoms with E-state index in [-0.39, 0.29) is 6.10 Å². The second-order valence-electron chi connectivity index (χ2n) is 3.70. The molecule has 2 rings (SSSR count). The molecule has 2 atom stereocenters. The Labute approximate surface area is 90.1 Å². The first-order chi connectivity index (χ1) is 7.27. The van der Waals surface area contributed by atoms with Gasteiger partial charge in [0.25, 0.3) is 0 Å². The van der Waals surface area contributed by atoms with Gasteiger partial charge in [-0.15, -0.1) is 0 Å². The summed E-state index contributed by atoms with van der Waals surface area (Å²) in [5.41, 5.74) is 6.89. The van der Waals surface area contributed by atoms with Gasteiger partial charge in [0.05, 0.1) is 5.54 Å². The summed E-state index contributed by atoms with van der Waals surface area (Å²) in [4.78, 5) is 0. The first-order valence-electron chi connectivity index (χ1n) is 5.00. The molecule has 0 unspecified atom stereocenters. The lowest BCUT2D eigenvalue weighted by atomic mass is 9.82. The largest absolute Gasteiger partial charge is 0.375 e. The first kappa shape index (κ1) is 10.1. The third kappa shape index (κ3) is 1.74. The molecule has 0 saturated heterocycles. The number of hydrogen-bond acceptors (Lipinski definition) is 2. The molecule has 0 amide bonds. The highest BCUT2D eigenvalue weighted by Crippen LogP contribution is 2.28. The standard InChI is InChI=1S/C13H15NO/c1-15-12-9-5-6-10-13(12,14)11-7-3-2-4-8-11/h2-10,12H,14H2,1H3/t12-,13-/m1/s1. The Morgan fingerprint density at radius 2 is 1.93 bits per heavy atom. The van der Waals surface area contributed by atoms with E-state index in [2.05, 4.69) is 0 Å². The van der Waals surface area contributed by atoms with Crippen LogP contribution in [-0.2, 0) is 10.3 Å².